The topological polar surface area (TPSA) is 31.0 Å². The highest BCUT2D eigenvalue weighted by Crippen LogP contribution is 2.58. The lowest BCUT2D eigenvalue weighted by molar-refractivity contribution is -0.127. The van der Waals surface area contributed by atoms with Crippen molar-refractivity contribution in [3.8, 4) is 0 Å². The summed E-state index contributed by atoms with van der Waals surface area (Å²) in [6.45, 7) is 6.20. The van der Waals surface area contributed by atoms with Gasteiger partial charge in [-0.3, -0.25) is 4.74 Å². The van der Waals surface area contributed by atoms with Crippen molar-refractivity contribution in [2.45, 2.75) is 24.9 Å². The monoisotopic (exact) mass is 192 g/mol. The molecule has 0 aromatic rings. The largest absolute Gasteiger partial charge is 0.315 e. The lowest BCUT2D eigenvalue weighted by Gasteiger charge is -2.10. The molecule has 2 heterocycles. The molecule has 3 aliphatic rings. The molecule has 2 fully saturated rings. The van der Waals surface area contributed by atoms with Gasteiger partial charge in [-0.05, 0) is 31.1 Å². The molecule has 0 N–H and O–H groups in total. The Morgan fingerprint density at radius 3 is 3.07 bits per heavy atom. The third-order valence-corrected chi connectivity index (χ3v) is 2.69. The highest BCUT2D eigenvalue weighted by atomic mass is 17.0. The van der Waals surface area contributed by atoms with E-state index in [2.05, 4.69) is 6.58 Å². The molecular weight excluding hydrogens is 180 g/mol. The van der Waals surface area contributed by atoms with E-state index in [-0.39, 0.29) is 0 Å². The van der Waals surface area contributed by atoms with E-state index in [4.69, 9.17) is 14.2 Å². The molecule has 74 valence electrons. The number of rotatable bonds is 2. The Hall–Kier alpha value is -0.900. The van der Waals surface area contributed by atoms with Crippen molar-refractivity contribution in [3.05, 3.63) is 36.0 Å². The molecule has 2 aliphatic heterocycles. The second kappa shape index (κ2) is 2.37. The van der Waals surface area contributed by atoms with Gasteiger partial charge in [-0.2, -0.15) is 0 Å². The Kier molecular flexibility index (Phi) is 1.42. The lowest BCUT2D eigenvalue weighted by Crippen LogP contribution is -2.20. The molecule has 3 nitrogen and oxygen atoms in total. The number of hydrogen-bond acceptors (Lipinski definition) is 3. The Labute approximate surface area is 82.6 Å². The summed E-state index contributed by atoms with van der Waals surface area (Å²) in [6.07, 6.45) is 6.81. The van der Waals surface area contributed by atoms with Gasteiger partial charge >= 0.3 is 0 Å². The summed E-state index contributed by atoms with van der Waals surface area (Å²) < 4.78 is 16.2. The minimum Gasteiger partial charge on any atom is -0.315 e. The molecule has 14 heavy (non-hydrogen) atoms. The van der Waals surface area contributed by atoms with E-state index < -0.39 is 11.6 Å². The van der Waals surface area contributed by atoms with Crippen LogP contribution in [0.25, 0.3) is 0 Å². The van der Waals surface area contributed by atoms with Crippen molar-refractivity contribution in [3.63, 3.8) is 0 Å². The summed E-state index contributed by atoms with van der Waals surface area (Å²) in [7, 11) is 0. The molecule has 0 radical (unpaired) electrons. The van der Waals surface area contributed by atoms with Crippen molar-refractivity contribution in [2.24, 2.45) is 0 Å². The van der Waals surface area contributed by atoms with Crippen LogP contribution in [0.3, 0.4) is 0 Å². The maximum absolute atomic E-state index is 5.46. The quantitative estimate of drug-likeness (QED) is 0.494. The third-order valence-electron chi connectivity index (χ3n) is 2.69. The van der Waals surface area contributed by atoms with Crippen LogP contribution in [0.1, 0.15) is 13.3 Å². The lowest BCUT2D eigenvalue weighted by atomic mass is 9.98. The zero-order valence-electron chi connectivity index (χ0n) is 8.08. The minimum absolute atomic E-state index is 0.307. The normalized spacial score (nSPS) is 42.8. The molecule has 3 heteroatoms. The molecule has 0 bridgehead atoms. The Morgan fingerprint density at radius 2 is 2.29 bits per heavy atom. The van der Waals surface area contributed by atoms with Gasteiger partial charge in [-0.1, -0.05) is 18.2 Å². The molecule has 0 amide bonds. The zero-order chi connectivity index (χ0) is 9.81. The van der Waals surface area contributed by atoms with Gasteiger partial charge in [0.2, 0.25) is 0 Å². The number of allylic oxidation sites excluding steroid dienone is 3. The number of epoxide rings is 1. The van der Waals surface area contributed by atoms with E-state index in [1.807, 2.05) is 25.2 Å². The van der Waals surface area contributed by atoms with Crippen molar-refractivity contribution < 1.29 is 14.2 Å². The van der Waals surface area contributed by atoms with Gasteiger partial charge in [0.1, 0.15) is 0 Å². The van der Waals surface area contributed by atoms with E-state index in [1.165, 1.54) is 5.57 Å². The van der Waals surface area contributed by atoms with Gasteiger partial charge < -0.3 is 9.47 Å². The van der Waals surface area contributed by atoms with Crippen LogP contribution in [0.4, 0.5) is 0 Å². The van der Waals surface area contributed by atoms with E-state index in [9.17, 15) is 0 Å². The SMILES string of the molecule is C=C(C)CC1=CC23OCOC2(C=C1)O3. The molecular formula is C11H12O3. The molecule has 0 aromatic heterocycles. The molecule has 1 aliphatic carbocycles. The van der Waals surface area contributed by atoms with Crippen molar-refractivity contribution in [1.29, 1.82) is 0 Å². The third kappa shape index (κ3) is 0.919. The highest BCUT2D eigenvalue weighted by Gasteiger charge is 2.76. The summed E-state index contributed by atoms with van der Waals surface area (Å²) in [4.78, 5) is 0. The predicted octanol–water partition coefficient (Wildman–Crippen LogP) is 1.88. The van der Waals surface area contributed by atoms with E-state index in [0.29, 0.717) is 6.79 Å². The molecule has 0 spiro atoms. The standard InChI is InChI=1S/C11H12O3/c1-8(2)5-9-3-4-10-11(6-9,14-10)13-7-12-10/h3-4,6H,1,5,7H2,2H3. The Bertz CT molecular complexity index is 369. The van der Waals surface area contributed by atoms with Crippen LogP contribution in [0.5, 0.6) is 0 Å². The summed E-state index contributed by atoms with van der Waals surface area (Å²) >= 11 is 0. The molecule has 0 saturated carbocycles. The first kappa shape index (κ1) is 8.41. The Balaban J connectivity index is 1.88. The van der Waals surface area contributed by atoms with Crippen LogP contribution in [-0.2, 0) is 14.2 Å². The summed E-state index contributed by atoms with van der Waals surface area (Å²) in [5.41, 5.74) is 2.31. The molecule has 2 unspecified atom stereocenters. The van der Waals surface area contributed by atoms with Gasteiger partial charge in [-0.25, -0.2) is 0 Å². The first-order valence-electron chi connectivity index (χ1n) is 4.69. The van der Waals surface area contributed by atoms with Gasteiger partial charge in [0, 0.05) is 0 Å². The van der Waals surface area contributed by atoms with E-state index in [1.54, 1.807) is 0 Å². The molecule has 0 aromatic carbocycles. The first-order valence-corrected chi connectivity index (χ1v) is 4.69. The minimum atomic E-state index is -0.619. The molecule has 3 rings (SSSR count). The van der Waals surface area contributed by atoms with Crippen molar-refractivity contribution >= 4 is 0 Å². The van der Waals surface area contributed by atoms with E-state index >= 15 is 0 Å². The Morgan fingerprint density at radius 1 is 1.50 bits per heavy atom. The molecule has 2 saturated heterocycles. The van der Waals surface area contributed by atoms with Crippen molar-refractivity contribution in [1.82, 2.24) is 0 Å². The number of hydrogen-bond donors (Lipinski definition) is 0. The fourth-order valence-corrected chi connectivity index (χ4v) is 2.00. The second-order valence-corrected chi connectivity index (χ2v) is 4.03. The van der Waals surface area contributed by atoms with Crippen LogP contribution < -0.4 is 0 Å². The zero-order valence-corrected chi connectivity index (χ0v) is 8.08. The fourth-order valence-electron chi connectivity index (χ4n) is 2.00. The van der Waals surface area contributed by atoms with Crippen LogP contribution in [0, 0.1) is 0 Å². The molecule has 2 atom stereocenters. The van der Waals surface area contributed by atoms with Crippen molar-refractivity contribution in [2.75, 3.05) is 6.79 Å². The average Bonchev–Trinajstić information content (AvgIpc) is 2.60. The maximum Gasteiger partial charge on any atom is 0.253 e. The van der Waals surface area contributed by atoms with Gasteiger partial charge in [0.05, 0.1) is 0 Å². The van der Waals surface area contributed by atoms with Crippen LogP contribution in [0.15, 0.2) is 36.0 Å². The number of ether oxygens (including phenoxy) is 3. The second-order valence-electron chi connectivity index (χ2n) is 4.03. The predicted molar refractivity (Wildman–Crippen MR) is 50.2 cm³/mol. The summed E-state index contributed by atoms with van der Waals surface area (Å²) in [5, 5.41) is 0. The van der Waals surface area contributed by atoms with Crippen LogP contribution >= 0.6 is 0 Å². The maximum atomic E-state index is 5.46. The summed E-state index contributed by atoms with van der Waals surface area (Å²) in [5.74, 6) is -1.22. The fraction of sp³-hybridized carbons (Fsp3) is 0.455. The van der Waals surface area contributed by atoms with Gasteiger partial charge in [-0.15, -0.1) is 0 Å². The average molecular weight is 192 g/mol. The van der Waals surface area contributed by atoms with Gasteiger partial charge in [0.15, 0.2) is 6.79 Å². The first-order chi connectivity index (χ1) is 6.66. The smallest absolute Gasteiger partial charge is 0.253 e. The van der Waals surface area contributed by atoms with Crippen LogP contribution in [-0.4, -0.2) is 18.4 Å². The highest BCUT2D eigenvalue weighted by molar-refractivity contribution is 5.41. The summed E-state index contributed by atoms with van der Waals surface area (Å²) in [6, 6.07) is 0. The van der Waals surface area contributed by atoms with E-state index in [0.717, 1.165) is 12.0 Å². The van der Waals surface area contributed by atoms with Gasteiger partial charge in [0.25, 0.3) is 11.6 Å². The van der Waals surface area contributed by atoms with Crippen LogP contribution in [0.2, 0.25) is 0 Å².